The van der Waals surface area contributed by atoms with Gasteiger partial charge in [0.2, 0.25) is 29.9 Å². The number of carbonyl (C=O) groups is 2. The highest BCUT2D eigenvalue weighted by molar-refractivity contribution is 6.33. The second-order valence-electron chi connectivity index (χ2n) is 18.5. The third-order valence-electron chi connectivity index (χ3n) is 14.3. The predicted molar refractivity (Wildman–Crippen MR) is 234 cm³/mol. The van der Waals surface area contributed by atoms with Crippen LogP contribution in [0.2, 0.25) is 5.02 Å². The van der Waals surface area contributed by atoms with Crippen molar-refractivity contribution in [2.24, 2.45) is 25.4 Å². The van der Waals surface area contributed by atoms with Crippen LogP contribution in [-0.4, -0.2) is 98.8 Å². The molecule has 21 heteroatoms. The van der Waals surface area contributed by atoms with E-state index >= 15 is 26.3 Å². The van der Waals surface area contributed by atoms with Gasteiger partial charge in [0.1, 0.15) is 16.4 Å². The largest absolute Gasteiger partial charge is 0.480 e. The van der Waals surface area contributed by atoms with Gasteiger partial charge in [0.25, 0.3) is 5.56 Å². The molecule has 5 aliphatic rings. The van der Waals surface area contributed by atoms with Gasteiger partial charge in [0, 0.05) is 62.4 Å². The number of aromatic nitrogens is 5. The molecule has 3 N–H and O–H groups in total. The van der Waals surface area contributed by atoms with Crippen LogP contribution < -0.4 is 31.1 Å². The maximum Gasteiger partial charge on any atom is 0.301 e. The van der Waals surface area contributed by atoms with E-state index in [9.17, 15) is 14.4 Å². The van der Waals surface area contributed by atoms with Crippen LogP contribution >= 0.6 is 11.6 Å². The van der Waals surface area contributed by atoms with Crippen LogP contribution in [0.3, 0.4) is 0 Å². The zero-order valence-electron chi connectivity index (χ0n) is 36.1. The van der Waals surface area contributed by atoms with Crippen LogP contribution in [0.25, 0.3) is 21.8 Å². The molecule has 0 spiro atoms. The van der Waals surface area contributed by atoms with Crippen LogP contribution in [0, 0.1) is 23.0 Å². The Hall–Kier alpha value is -5.63. The first kappa shape index (κ1) is 44.2. The van der Waals surface area contributed by atoms with Gasteiger partial charge in [-0.15, -0.1) is 0 Å². The highest BCUT2D eigenvalue weighted by Crippen LogP contribution is 2.47. The van der Waals surface area contributed by atoms with Crippen molar-refractivity contribution in [2.45, 2.75) is 81.6 Å². The number of pyridine rings is 1. The van der Waals surface area contributed by atoms with Crippen molar-refractivity contribution < 1.29 is 40.7 Å². The van der Waals surface area contributed by atoms with Gasteiger partial charge in [-0.1, -0.05) is 23.7 Å². The number of likely N-dealkylation sites (tertiary alicyclic amines) is 1. The van der Waals surface area contributed by atoms with Crippen molar-refractivity contribution in [1.82, 2.24) is 34.5 Å². The van der Waals surface area contributed by atoms with E-state index in [1.807, 2.05) is 4.90 Å². The molecule has 2 aromatic carbocycles. The van der Waals surface area contributed by atoms with Gasteiger partial charge in [-0.2, -0.15) is 10.1 Å². The number of fused-ring (bicyclic) bond motifs is 4. The van der Waals surface area contributed by atoms with Crippen LogP contribution in [0.4, 0.5) is 49.5 Å². The number of benzene rings is 2. The first-order valence-electron chi connectivity index (χ1n) is 22.2. The number of hydrogen-bond acceptors (Lipinski definition) is 11. The van der Waals surface area contributed by atoms with E-state index in [1.54, 1.807) is 24.1 Å². The molecule has 1 saturated carbocycles. The molecular weight excluding hydrogens is 894 g/mol. The minimum Gasteiger partial charge on any atom is -0.480 e. The molecule has 3 saturated heterocycles. The van der Waals surface area contributed by atoms with Crippen molar-refractivity contribution in [1.29, 1.82) is 0 Å². The van der Waals surface area contributed by atoms with E-state index in [1.165, 1.54) is 24.0 Å². The number of nitrogens with one attached hydrogen (secondary N) is 3. The third kappa shape index (κ3) is 7.76. The Morgan fingerprint density at radius 1 is 0.985 bits per heavy atom. The normalized spacial score (nSPS) is 22.5. The fourth-order valence-electron chi connectivity index (χ4n) is 10.4. The molecule has 350 valence electrons. The predicted octanol–water partition coefficient (Wildman–Crippen LogP) is 7.36. The number of anilines is 4. The molecule has 2 amide bonds. The summed E-state index contributed by atoms with van der Waals surface area (Å²) in [6.45, 7) is 0.533. The quantitative estimate of drug-likeness (QED) is 0.101. The Labute approximate surface area is 379 Å². The number of nitrogens with zero attached hydrogens (tertiary/aromatic N) is 7. The molecule has 2 unspecified atom stereocenters. The lowest BCUT2D eigenvalue weighted by atomic mass is 9.77. The number of aryl methyl sites for hydroxylation is 2. The molecule has 0 radical (unpaired) electrons. The zero-order valence-corrected chi connectivity index (χ0v) is 36.8. The summed E-state index contributed by atoms with van der Waals surface area (Å²) in [7, 11) is 3.02. The summed E-state index contributed by atoms with van der Waals surface area (Å²) in [5.74, 6) is -6.49. The first-order valence-corrected chi connectivity index (χ1v) is 22.6. The minimum atomic E-state index is -3.26. The second-order valence-corrected chi connectivity index (χ2v) is 18.9. The molecule has 0 bridgehead atoms. The van der Waals surface area contributed by atoms with Crippen LogP contribution in [0.1, 0.15) is 74.5 Å². The number of hydrogen-bond donors (Lipinski definition) is 3. The number of halogens is 7. The monoisotopic (exact) mass is 940 g/mol. The number of rotatable bonds is 9. The van der Waals surface area contributed by atoms with E-state index in [-0.39, 0.29) is 107 Å². The van der Waals surface area contributed by atoms with Gasteiger partial charge in [0.05, 0.1) is 40.7 Å². The van der Waals surface area contributed by atoms with E-state index in [0.29, 0.717) is 61.8 Å². The molecule has 66 heavy (non-hydrogen) atoms. The fourth-order valence-corrected chi connectivity index (χ4v) is 10.5. The van der Waals surface area contributed by atoms with Gasteiger partial charge in [-0.3, -0.25) is 24.4 Å². The Bertz CT molecular complexity index is 2840. The van der Waals surface area contributed by atoms with Gasteiger partial charge in [-0.25, -0.2) is 31.3 Å². The Balaban J connectivity index is 0.816. The van der Waals surface area contributed by atoms with E-state index in [4.69, 9.17) is 16.3 Å². The lowest BCUT2D eigenvalue weighted by Crippen LogP contribution is -2.51. The average Bonchev–Trinajstić information content (AvgIpc) is 4.09. The molecular formula is C45H47ClF6N10O4. The number of ether oxygens (including phenoxy) is 1. The highest BCUT2D eigenvalue weighted by atomic mass is 35.5. The topological polar surface area (TPSA) is 152 Å². The van der Waals surface area contributed by atoms with Gasteiger partial charge in [-0.05, 0) is 81.5 Å². The summed E-state index contributed by atoms with van der Waals surface area (Å²) >= 11 is 6.51. The number of amides is 2. The van der Waals surface area contributed by atoms with Gasteiger partial charge < -0.3 is 29.7 Å². The van der Waals surface area contributed by atoms with Crippen molar-refractivity contribution in [3.8, 4) is 5.75 Å². The highest BCUT2D eigenvalue weighted by Gasteiger charge is 2.51. The lowest BCUT2D eigenvalue weighted by molar-refractivity contribution is -0.134. The number of alkyl halides is 4. The van der Waals surface area contributed by atoms with Crippen molar-refractivity contribution in [2.75, 3.05) is 54.9 Å². The van der Waals surface area contributed by atoms with E-state index in [0.717, 1.165) is 10.6 Å². The molecule has 1 aliphatic carbocycles. The van der Waals surface area contributed by atoms with Crippen LogP contribution in [-0.2, 0) is 23.7 Å². The smallest absolute Gasteiger partial charge is 0.301 e. The molecule has 5 aromatic rings. The van der Waals surface area contributed by atoms with Gasteiger partial charge in [0.15, 0.2) is 18.2 Å². The summed E-state index contributed by atoms with van der Waals surface area (Å²) in [5.41, 5.74) is -0.729. The zero-order chi connectivity index (χ0) is 46.4. The van der Waals surface area contributed by atoms with Gasteiger partial charge >= 0.3 is 5.92 Å². The summed E-state index contributed by atoms with van der Waals surface area (Å²) in [6.07, 6.45) is 1.71. The second kappa shape index (κ2) is 16.6. The SMILES string of the molecule is Cn1nc(C2CCC(=O)NC2=O)c2ccc(C3CCN(CC4(C(F)F)CCN(c5ncc(Cl)c(Nc6cc7c8c(c(=O)n(C)c7cc6F)OCC(F)(F)C(C6CC6)N8)n5)CC4)CC3)c(F)c21. The molecule has 7 heterocycles. The van der Waals surface area contributed by atoms with Crippen molar-refractivity contribution in [3.05, 3.63) is 68.7 Å². The molecule has 10 rings (SSSR count). The number of carbonyl (C=O) groups excluding carboxylic acids is 2. The van der Waals surface area contributed by atoms with Crippen molar-refractivity contribution in [3.63, 3.8) is 0 Å². The van der Waals surface area contributed by atoms with E-state index in [2.05, 4.69) is 31.0 Å². The first-order chi connectivity index (χ1) is 31.5. The molecule has 4 fully saturated rings. The summed E-state index contributed by atoms with van der Waals surface area (Å²) in [5, 5.41) is 13.4. The molecule has 3 aromatic heterocycles. The van der Waals surface area contributed by atoms with Crippen LogP contribution in [0.15, 0.2) is 35.3 Å². The summed E-state index contributed by atoms with van der Waals surface area (Å²) < 4.78 is 101. The molecule has 2 atom stereocenters. The Morgan fingerprint density at radius 2 is 1.73 bits per heavy atom. The van der Waals surface area contributed by atoms with Crippen molar-refractivity contribution >= 4 is 68.4 Å². The Morgan fingerprint density at radius 3 is 2.42 bits per heavy atom. The summed E-state index contributed by atoms with van der Waals surface area (Å²) in [4.78, 5) is 50.3. The molecule has 14 nitrogen and oxygen atoms in total. The fraction of sp³-hybridized carbons (Fsp3) is 0.511. The maximum absolute atomic E-state index is 16.2. The third-order valence-corrected chi connectivity index (χ3v) is 14.6. The number of piperidine rings is 3. The van der Waals surface area contributed by atoms with Crippen LogP contribution in [0.5, 0.6) is 5.75 Å². The summed E-state index contributed by atoms with van der Waals surface area (Å²) in [6, 6.07) is 4.71. The number of imide groups is 1. The Kier molecular flexibility index (Phi) is 11.1. The molecule has 4 aliphatic heterocycles. The maximum atomic E-state index is 16.2. The van der Waals surface area contributed by atoms with E-state index < -0.39 is 59.4 Å². The average molecular weight is 941 g/mol. The minimum absolute atomic E-state index is 0.0183. The standard InChI is InChI=1S/C45H47ClF6N10O4/c1-59-31-18-29(47)30(17-27(31)35-37(41(59)65)66-21-45(51,52)38(56-35)23-3-4-23)54-39-28(46)19-53-43(57-39)62-15-11-44(12-16-62,42(49)50)20-61-13-9-22(10-14-61)24-5-6-25-34(58-60(2)36(25)33(24)48)26-7-8-32(63)55-40(26)64/h5-6,17-19,22-23,26,38,42,56H,3-4,7-16,20-21H2,1-2H3,(H,53,54,57)(H,55,63,64). The lowest BCUT2D eigenvalue weighted by Gasteiger charge is -2.45.